The average Bonchev–Trinajstić information content (AvgIpc) is 3.28. The lowest BCUT2D eigenvalue weighted by Gasteiger charge is -2.33. The molecule has 4 rings (SSSR count). The molecule has 1 N–H and O–H groups in total. The fourth-order valence-electron chi connectivity index (χ4n) is 3.55. The summed E-state index contributed by atoms with van der Waals surface area (Å²) in [4.78, 5) is 38.2. The second-order valence-electron chi connectivity index (χ2n) is 7.17. The lowest BCUT2D eigenvalue weighted by atomic mass is 9.95. The quantitative estimate of drug-likeness (QED) is 0.674. The minimum absolute atomic E-state index is 0.0566. The molecular weight excluding hydrogens is 407 g/mol. The summed E-state index contributed by atoms with van der Waals surface area (Å²) in [6, 6.07) is 7.20. The van der Waals surface area contributed by atoms with Gasteiger partial charge in [0, 0.05) is 42.7 Å². The highest BCUT2D eigenvalue weighted by atomic mass is 32.1. The topological polar surface area (TPSA) is 88.2 Å². The Morgan fingerprint density at radius 2 is 2.13 bits per heavy atom. The van der Waals surface area contributed by atoms with Gasteiger partial charge in [0.05, 0.1) is 0 Å². The molecule has 0 spiro atoms. The molecule has 0 saturated carbocycles. The number of rotatable bonds is 5. The van der Waals surface area contributed by atoms with Gasteiger partial charge in [-0.15, -0.1) is 11.3 Å². The first-order valence-corrected chi connectivity index (χ1v) is 10.6. The SMILES string of the molecule is CC(Oc1cccc(F)c1)C(=O)N1CCC(c2nc(-c3nccs3)cc(=O)[nH]2)CC1. The van der Waals surface area contributed by atoms with Crippen LogP contribution in [0.25, 0.3) is 10.7 Å². The minimum atomic E-state index is -0.713. The summed E-state index contributed by atoms with van der Waals surface area (Å²) in [7, 11) is 0. The van der Waals surface area contributed by atoms with E-state index in [1.54, 1.807) is 30.2 Å². The number of hydrogen-bond donors (Lipinski definition) is 1. The first-order valence-electron chi connectivity index (χ1n) is 9.72. The Labute approximate surface area is 176 Å². The zero-order valence-electron chi connectivity index (χ0n) is 16.4. The number of H-pyrrole nitrogens is 1. The molecule has 1 aliphatic rings. The van der Waals surface area contributed by atoms with Crippen LogP contribution in [0.3, 0.4) is 0 Å². The van der Waals surface area contributed by atoms with Gasteiger partial charge >= 0.3 is 0 Å². The lowest BCUT2D eigenvalue weighted by Crippen LogP contribution is -2.44. The molecular formula is C21H21FN4O3S. The van der Waals surface area contributed by atoms with Crippen molar-refractivity contribution in [1.82, 2.24) is 19.9 Å². The van der Waals surface area contributed by atoms with Gasteiger partial charge in [0.15, 0.2) is 6.10 Å². The third kappa shape index (κ3) is 4.56. The first kappa shape index (κ1) is 20.2. The summed E-state index contributed by atoms with van der Waals surface area (Å²) in [6.45, 7) is 2.73. The molecule has 1 fully saturated rings. The summed E-state index contributed by atoms with van der Waals surface area (Å²) in [5.41, 5.74) is 0.361. The zero-order valence-corrected chi connectivity index (χ0v) is 17.2. The molecule has 30 heavy (non-hydrogen) atoms. The van der Waals surface area contributed by atoms with Crippen LogP contribution in [0.2, 0.25) is 0 Å². The molecule has 1 atom stereocenters. The molecule has 7 nitrogen and oxygen atoms in total. The molecule has 1 aliphatic heterocycles. The van der Waals surface area contributed by atoms with Crippen molar-refractivity contribution in [1.29, 1.82) is 0 Å². The van der Waals surface area contributed by atoms with E-state index in [0.29, 0.717) is 48.2 Å². The van der Waals surface area contributed by atoms with E-state index < -0.39 is 11.9 Å². The van der Waals surface area contributed by atoms with Gasteiger partial charge in [-0.25, -0.2) is 14.4 Å². The predicted octanol–water partition coefficient (Wildman–Crippen LogP) is 3.21. The fourth-order valence-corrected chi connectivity index (χ4v) is 4.15. The highest BCUT2D eigenvalue weighted by molar-refractivity contribution is 7.13. The number of piperidine rings is 1. The van der Waals surface area contributed by atoms with Crippen molar-refractivity contribution >= 4 is 17.2 Å². The van der Waals surface area contributed by atoms with Gasteiger partial charge < -0.3 is 14.6 Å². The normalized spacial score (nSPS) is 15.7. The number of aromatic nitrogens is 3. The smallest absolute Gasteiger partial charge is 0.263 e. The fraction of sp³-hybridized carbons (Fsp3) is 0.333. The number of ether oxygens (including phenoxy) is 1. The van der Waals surface area contributed by atoms with Crippen LogP contribution in [0.5, 0.6) is 5.75 Å². The highest BCUT2D eigenvalue weighted by Crippen LogP contribution is 2.27. The van der Waals surface area contributed by atoms with E-state index in [2.05, 4.69) is 15.0 Å². The molecule has 3 heterocycles. The van der Waals surface area contributed by atoms with Crippen molar-refractivity contribution in [3.8, 4) is 16.5 Å². The summed E-state index contributed by atoms with van der Waals surface area (Å²) in [5, 5.41) is 2.55. The van der Waals surface area contributed by atoms with Gasteiger partial charge in [-0.2, -0.15) is 0 Å². The molecule has 1 saturated heterocycles. The number of benzene rings is 1. The lowest BCUT2D eigenvalue weighted by molar-refractivity contribution is -0.139. The summed E-state index contributed by atoms with van der Waals surface area (Å²) in [5.74, 6) is 0.460. The number of nitrogens with one attached hydrogen (secondary N) is 1. The third-order valence-electron chi connectivity index (χ3n) is 5.06. The van der Waals surface area contributed by atoms with E-state index in [0.717, 1.165) is 0 Å². The number of carbonyl (C=O) groups is 1. The number of amides is 1. The Balaban J connectivity index is 1.39. The Morgan fingerprint density at radius 1 is 1.33 bits per heavy atom. The highest BCUT2D eigenvalue weighted by Gasteiger charge is 2.29. The largest absolute Gasteiger partial charge is 0.481 e. The summed E-state index contributed by atoms with van der Waals surface area (Å²) in [6.07, 6.45) is 2.33. The number of aromatic amines is 1. The van der Waals surface area contributed by atoms with Gasteiger partial charge in [0.2, 0.25) is 0 Å². The van der Waals surface area contributed by atoms with Gasteiger partial charge in [-0.1, -0.05) is 6.07 Å². The molecule has 9 heteroatoms. The van der Waals surface area contributed by atoms with Crippen LogP contribution in [0.4, 0.5) is 4.39 Å². The van der Waals surface area contributed by atoms with Crippen molar-refractivity contribution in [3.05, 3.63) is 63.9 Å². The molecule has 0 aliphatic carbocycles. The monoisotopic (exact) mass is 428 g/mol. The summed E-state index contributed by atoms with van der Waals surface area (Å²) >= 11 is 1.43. The maximum atomic E-state index is 13.3. The van der Waals surface area contributed by atoms with Crippen LogP contribution in [0.15, 0.2) is 46.7 Å². The Hall–Kier alpha value is -3.07. The summed E-state index contributed by atoms with van der Waals surface area (Å²) < 4.78 is 18.9. The standard InChI is InChI=1S/C21H21FN4O3S/c1-13(29-16-4-2-3-15(22)11-16)21(28)26-8-5-14(6-9-26)19-24-17(12-18(27)25-19)20-23-7-10-30-20/h2-4,7,10-14H,5-6,8-9H2,1H3,(H,24,25,27). The predicted molar refractivity (Wildman–Crippen MR) is 111 cm³/mol. The first-order chi connectivity index (χ1) is 14.5. The maximum absolute atomic E-state index is 13.3. The van der Waals surface area contributed by atoms with Gasteiger partial charge in [0.25, 0.3) is 11.5 Å². The maximum Gasteiger partial charge on any atom is 0.263 e. The molecule has 0 radical (unpaired) electrons. The van der Waals surface area contributed by atoms with Crippen LogP contribution < -0.4 is 10.3 Å². The van der Waals surface area contributed by atoms with Crippen molar-refractivity contribution in [2.75, 3.05) is 13.1 Å². The van der Waals surface area contributed by atoms with Crippen LogP contribution in [0, 0.1) is 5.82 Å². The minimum Gasteiger partial charge on any atom is -0.481 e. The van der Waals surface area contributed by atoms with E-state index in [1.165, 1.54) is 29.5 Å². The molecule has 156 valence electrons. The second kappa shape index (κ2) is 8.74. The van der Waals surface area contributed by atoms with Gasteiger partial charge in [-0.3, -0.25) is 9.59 Å². The van der Waals surface area contributed by atoms with E-state index in [9.17, 15) is 14.0 Å². The van der Waals surface area contributed by atoms with Crippen molar-refractivity contribution in [2.24, 2.45) is 0 Å². The Bertz CT molecular complexity index is 1080. The van der Waals surface area contributed by atoms with Crippen LogP contribution in [-0.2, 0) is 4.79 Å². The van der Waals surface area contributed by atoms with Crippen molar-refractivity contribution < 1.29 is 13.9 Å². The molecule has 1 amide bonds. The van der Waals surface area contributed by atoms with Crippen LogP contribution >= 0.6 is 11.3 Å². The van der Waals surface area contributed by atoms with Crippen LogP contribution in [0.1, 0.15) is 31.5 Å². The van der Waals surface area contributed by atoms with E-state index in [1.807, 2.05) is 5.38 Å². The van der Waals surface area contributed by atoms with Gasteiger partial charge in [-0.05, 0) is 31.9 Å². The van der Waals surface area contributed by atoms with Crippen molar-refractivity contribution in [3.63, 3.8) is 0 Å². The van der Waals surface area contributed by atoms with Gasteiger partial charge in [0.1, 0.15) is 28.1 Å². The van der Waals surface area contributed by atoms with E-state index in [4.69, 9.17) is 4.74 Å². The van der Waals surface area contributed by atoms with E-state index in [-0.39, 0.29) is 17.4 Å². The van der Waals surface area contributed by atoms with Crippen LogP contribution in [-0.4, -0.2) is 45.0 Å². The molecule has 1 aromatic carbocycles. The average molecular weight is 428 g/mol. The Morgan fingerprint density at radius 3 is 2.83 bits per heavy atom. The number of nitrogens with zero attached hydrogens (tertiary/aromatic N) is 3. The molecule has 0 bridgehead atoms. The Kier molecular flexibility index (Phi) is 5.89. The van der Waals surface area contributed by atoms with E-state index >= 15 is 0 Å². The second-order valence-corrected chi connectivity index (χ2v) is 8.06. The number of likely N-dealkylation sites (tertiary alicyclic amines) is 1. The third-order valence-corrected chi connectivity index (χ3v) is 5.86. The number of hydrogen-bond acceptors (Lipinski definition) is 6. The molecule has 1 unspecified atom stereocenters. The number of halogens is 1. The number of thiazole rings is 1. The zero-order chi connectivity index (χ0) is 21.1. The molecule has 3 aromatic rings. The van der Waals surface area contributed by atoms with Crippen molar-refractivity contribution in [2.45, 2.75) is 31.8 Å². The molecule has 2 aromatic heterocycles. The number of carbonyl (C=O) groups excluding carboxylic acids is 1.